The van der Waals surface area contributed by atoms with Crippen LogP contribution in [0.4, 0.5) is 0 Å². The van der Waals surface area contributed by atoms with Crippen molar-refractivity contribution in [3.05, 3.63) is 35.5 Å². The fraction of sp³-hybridized carbons (Fsp3) is 0.417. The standard InChI is InChI=1S/C12H17N/c1-5-10-11(9(2)3)7-6-8-12(10)13-4/h5-9H,1-4H3/b10-5-,13-12?. The van der Waals surface area contributed by atoms with E-state index in [4.69, 9.17) is 0 Å². The van der Waals surface area contributed by atoms with E-state index in [0.29, 0.717) is 5.92 Å². The highest BCUT2D eigenvalue weighted by Crippen LogP contribution is 2.24. The number of hydrogen-bond donors (Lipinski definition) is 0. The first-order valence-corrected chi connectivity index (χ1v) is 4.72. The molecule has 0 aromatic carbocycles. The van der Waals surface area contributed by atoms with E-state index in [1.54, 1.807) is 0 Å². The van der Waals surface area contributed by atoms with Crippen molar-refractivity contribution in [3.8, 4) is 0 Å². The van der Waals surface area contributed by atoms with Gasteiger partial charge in [-0.25, -0.2) is 0 Å². The van der Waals surface area contributed by atoms with Crippen LogP contribution in [0.5, 0.6) is 0 Å². The van der Waals surface area contributed by atoms with Crippen LogP contribution in [-0.4, -0.2) is 12.8 Å². The van der Waals surface area contributed by atoms with E-state index in [9.17, 15) is 0 Å². The van der Waals surface area contributed by atoms with Gasteiger partial charge in [-0.2, -0.15) is 0 Å². The summed E-state index contributed by atoms with van der Waals surface area (Å²) in [6.45, 7) is 6.49. The summed E-state index contributed by atoms with van der Waals surface area (Å²) >= 11 is 0. The third-order valence-electron chi connectivity index (χ3n) is 2.27. The van der Waals surface area contributed by atoms with Crippen molar-refractivity contribution in [1.82, 2.24) is 0 Å². The Hall–Kier alpha value is -1.11. The minimum atomic E-state index is 0.563. The van der Waals surface area contributed by atoms with Crippen molar-refractivity contribution in [2.24, 2.45) is 10.9 Å². The monoisotopic (exact) mass is 175 g/mol. The molecule has 0 amide bonds. The molecule has 1 heteroatoms. The zero-order chi connectivity index (χ0) is 9.84. The molecule has 0 aliphatic heterocycles. The Labute approximate surface area is 80.6 Å². The number of rotatable bonds is 1. The Kier molecular flexibility index (Phi) is 3.24. The van der Waals surface area contributed by atoms with Crippen LogP contribution in [0.25, 0.3) is 0 Å². The Morgan fingerprint density at radius 2 is 2.08 bits per heavy atom. The van der Waals surface area contributed by atoms with E-state index in [1.165, 1.54) is 11.1 Å². The molecular formula is C12H17N. The Morgan fingerprint density at radius 3 is 2.54 bits per heavy atom. The summed E-state index contributed by atoms with van der Waals surface area (Å²) in [6.07, 6.45) is 8.44. The molecule has 0 aromatic rings. The van der Waals surface area contributed by atoms with E-state index in [2.05, 4.69) is 50.1 Å². The fourth-order valence-electron chi connectivity index (χ4n) is 1.58. The molecule has 0 radical (unpaired) electrons. The molecule has 13 heavy (non-hydrogen) atoms. The average Bonchev–Trinajstić information content (AvgIpc) is 2.16. The molecule has 0 saturated carbocycles. The van der Waals surface area contributed by atoms with E-state index < -0.39 is 0 Å². The van der Waals surface area contributed by atoms with Gasteiger partial charge in [-0.05, 0) is 30.1 Å². The van der Waals surface area contributed by atoms with Crippen molar-refractivity contribution in [3.63, 3.8) is 0 Å². The van der Waals surface area contributed by atoms with E-state index in [1.807, 2.05) is 7.05 Å². The van der Waals surface area contributed by atoms with E-state index in [0.717, 1.165) is 5.71 Å². The van der Waals surface area contributed by atoms with Crippen LogP contribution >= 0.6 is 0 Å². The average molecular weight is 175 g/mol. The summed E-state index contributed by atoms with van der Waals surface area (Å²) in [5.41, 5.74) is 3.75. The molecule has 1 aliphatic carbocycles. The largest absolute Gasteiger partial charge is 0.288 e. The maximum Gasteiger partial charge on any atom is 0.0642 e. The van der Waals surface area contributed by atoms with E-state index >= 15 is 0 Å². The van der Waals surface area contributed by atoms with Gasteiger partial charge < -0.3 is 0 Å². The van der Waals surface area contributed by atoms with Crippen molar-refractivity contribution >= 4 is 5.71 Å². The molecule has 0 saturated heterocycles. The second-order valence-corrected chi connectivity index (χ2v) is 3.45. The Morgan fingerprint density at radius 1 is 1.38 bits per heavy atom. The van der Waals surface area contributed by atoms with Gasteiger partial charge in [-0.1, -0.05) is 32.1 Å². The topological polar surface area (TPSA) is 12.4 Å². The quantitative estimate of drug-likeness (QED) is 0.580. The lowest BCUT2D eigenvalue weighted by Crippen LogP contribution is -2.09. The van der Waals surface area contributed by atoms with Crippen LogP contribution in [0.1, 0.15) is 20.8 Å². The number of allylic oxidation sites excluding steroid dienone is 6. The molecule has 0 unspecified atom stereocenters. The summed E-state index contributed by atoms with van der Waals surface area (Å²) in [7, 11) is 1.84. The molecule has 0 aromatic heterocycles. The van der Waals surface area contributed by atoms with Crippen molar-refractivity contribution in [2.75, 3.05) is 7.05 Å². The molecule has 1 rings (SSSR count). The fourth-order valence-corrected chi connectivity index (χ4v) is 1.58. The predicted octanol–water partition coefficient (Wildman–Crippen LogP) is 3.16. The van der Waals surface area contributed by atoms with Gasteiger partial charge >= 0.3 is 0 Å². The third kappa shape index (κ3) is 1.97. The molecule has 0 spiro atoms. The molecule has 0 fully saturated rings. The SMILES string of the molecule is C/C=C1/C(C(C)C)=CC=CC1=NC. The number of aliphatic imine (C=N–C) groups is 1. The van der Waals surface area contributed by atoms with Crippen molar-refractivity contribution in [1.29, 1.82) is 0 Å². The first kappa shape index (κ1) is 9.97. The molecule has 0 N–H and O–H groups in total. The maximum atomic E-state index is 4.25. The van der Waals surface area contributed by atoms with Crippen molar-refractivity contribution < 1.29 is 0 Å². The zero-order valence-electron chi connectivity index (χ0n) is 8.83. The summed E-state index contributed by atoms with van der Waals surface area (Å²) in [5, 5.41) is 0. The highest BCUT2D eigenvalue weighted by Gasteiger charge is 2.14. The second-order valence-electron chi connectivity index (χ2n) is 3.45. The van der Waals surface area contributed by atoms with Gasteiger partial charge in [0.25, 0.3) is 0 Å². The van der Waals surface area contributed by atoms with Gasteiger partial charge in [0.1, 0.15) is 0 Å². The normalized spacial score (nSPS) is 23.0. The molecule has 1 nitrogen and oxygen atoms in total. The van der Waals surface area contributed by atoms with Crippen LogP contribution in [-0.2, 0) is 0 Å². The van der Waals surface area contributed by atoms with Crippen LogP contribution in [0.15, 0.2) is 40.4 Å². The first-order chi connectivity index (χ1) is 6.20. The molecular weight excluding hydrogens is 158 g/mol. The lowest BCUT2D eigenvalue weighted by molar-refractivity contribution is 0.784. The zero-order valence-corrected chi connectivity index (χ0v) is 8.83. The van der Waals surface area contributed by atoms with Gasteiger partial charge in [0.2, 0.25) is 0 Å². The number of hydrogen-bond acceptors (Lipinski definition) is 1. The smallest absolute Gasteiger partial charge is 0.0642 e. The molecule has 1 aliphatic rings. The maximum absolute atomic E-state index is 4.25. The molecule has 0 atom stereocenters. The second kappa shape index (κ2) is 4.22. The van der Waals surface area contributed by atoms with E-state index in [-0.39, 0.29) is 0 Å². The third-order valence-corrected chi connectivity index (χ3v) is 2.27. The summed E-state index contributed by atoms with van der Waals surface area (Å²) in [6, 6.07) is 0. The number of nitrogens with zero attached hydrogens (tertiary/aromatic N) is 1. The first-order valence-electron chi connectivity index (χ1n) is 4.72. The van der Waals surface area contributed by atoms with Gasteiger partial charge in [0.15, 0.2) is 0 Å². The van der Waals surface area contributed by atoms with Crippen LogP contribution in [0, 0.1) is 5.92 Å². The van der Waals surface area contributed by atoms with Crippen LogP contribution in [0.3, 0.4) is 0 Å². The predicted molar refractivity (Wildman–Crippen MR) is 59.2 cm³/mol. The summed E-state index contributed by atoms with van der Waals surface area (Å²) in [5.74, 6) is 0.563. The minimum absolute atomic E-state index is 0.563. The lowest BCUT2D eigenvalue weighted by atomic mass is 9.88. The highest BCUT2D eigenvalue weighted by atomic mass is 14.7. The summed E-state index contributed by atoms with van der Waals surface area (Å²) in [4.78, 5) is 4.25. The Bertz CT molecular complexity index is 301. The molecule has 0 bridgehead atoms. The lowest BCUT2D eigenvalue weighted by Gasteiger charge is -2.17. The van der Waals surface area contributed by atoms with Crippen LogP contribution in [0.2, 0.25) is 0 Å². The van der Waals surface area contributed by atoms with Crippen molar-refractivity contribution in [2.45, 2.75) is 20.8 Å². The van der Waals surface area contributed by atoms with Gasteiger partial charge in [0.05, 0.1) is 5.71 Å². The van der Waals surface area contributed by atoms with Crippen LogP contribution < -0.4 is 0 Å². The van der Waals surface area contributed by atoms with Gasteiger partial charge in [0, 0.05) is 7.05 Å². The van der Waals surface area contributed by atoms with Gasteiger partial charge in [-0.3, -0.25) is 4.99 Å². The minimum Gasteiger partial charge on any atom is -0.288 e. The Balaban J connectivity index is 3.11. The summed E-state index contributed by atoms with van der Waals surface area (Å²) < 4.78 is 0. The highest BCUT2D eigenvalue weighted by molar-refractivity contribution is 6.12. The van der Waals surface area contributed by atoms with Gasteiger partial charge in [-0.15, -0.1) is 0 Å². The molecule has 0 heterocycles. The molecule has 70 valence electrons.